The van der Waals surface area contributed by atoms with E-state index in [1.165, 1.54) is 22.8 Å². The van der Waals surface area contributed by atoms with Crippen LogP contribution in [0.25, 0.3) is 78.6 Å². The molecular formula is C66H81F3N24O8S. The van der Waals surface area contributed by atoms with Crippen molar-refractivity contribution in [3.05, 3.63) is 97.6 Å². The second-order valence-electron chi connectivity index (χ2n) is 29.5. The van der Waals surface area contributed by atoms with Crippen LogP contribution >= 0.6 is 0 Å². The monoisotopic (exact) mass is 1430 g/mol. The van der Waals surface area contributed by atoms with Gasteiger partial charge in [0.2, 0.25) is 16.9 Å². The largest absolute Gasteiger partial charge is 0.534 e. The zero-order chi connectivity index (χ0) is 73.0. The van der Waals surface area contributed by atoms with E-state index in [9.17, 15) is 26.7 Å². The Balaban J connectivity index is 0.000000145. The summed E-state index contributed by atoms with van der Waals surface area (Å²) in [6, 6.07) is 19.9. The normalized spacial score (nSPS) is 18.1. The number of hydrogen-bond acceptors (Lipinski definition) is 27. The molecule has 3 fully saturated rings. The van der Waals surface area contributed by atoms with Gasteiger partial charge in [0.15, 0.2) is 13.6 Å². The van der Waals surface area contributed by atoms with Gasteiger partial charge in [-0.2, -0.15) is 51.6 Å². The van der Waals surface area contributed by atoms with E-state index >= 15 is 0 Å². The summed E-state index contributed by atoms with van der Waals surface area (Å²) in [5.41, 5.74) is 2.19. The average Bonchev–Trinajstić information content (AvgIpc) is 1.56. The molecular weight excluding hydrogens is 1350 g/mol. The molecule has 0 aliphatic carbocycles. The van der Waals surface area contributed by atoms with Gasteiger partial charge in [0, 0.05) is 82.3 Å². The number of rotatable bonds is 16. The third kappa shape index (κ3) is 16.1. The standard InChI is InChI=1S/C23H29N9O2.C22H27F3N6O5S.C21H25N9O/c1-22(2)12-16(13-23(3,4)29-22)31-21-19(27-30-31)11-18(26-28-21)17-7-6-15(32-24-8-9-25-32)10-20(17)34-14-33-5;1-20(2)10-13(11-21(3,4)29-20)31-19-17(27-30-31)9-16(26-28-19)15-7-6-14(8-18(15)35-12-34-5)36-37(32,33)22(23,24)25;1-20(2)11-14(12-21(3,4)27-20)29-19-17(25-28-29)10-16(24-26-19)15-6-5-13(9-18(15)31)30-22-7-8-23-30/h6-11,16,29H,12-14H2,1-5H3;6-9,13,29H,10-12H2,1-5H3;5-10,14,27,31H,11-12H2,1-4H3. The van der Waals surface area contributed by atoms with E-state index in [2.05, 4.69) is 185 Å². The van der Waals surface area contributed by atoms with Crippen LogP contribution in [-0.2, 0) is 19.6 Å². The first-order chi connectivity index (χ1) is 48.1. The van der Waals surface area contributed by atoms with Crippen molar-refractivity contribution in [1.29, 1.82) is 0 Å². The maximum atomic E-state index is 12.7. The molecule has 540 valence electrons. The average molecular weight is 1430 g/mol. The minimum atomic E-state index is -5.86. The second-order valence-corrected chi connectivity index (χ2v) is 31.1. The van der Waals surface area contributed by atoms with E-state index in [1.807, 2.05) is 45.8 Å². The summed E-state index contributed by atoms with van der Waals surface area (Å²) in [5, 5.41) is 90.8. The number of benzene rings is 3. The second kappa shape index (κ2) is 27.5. The van der Waals surface area contributed by atoms with Crippen LogP contribution in [0.1, 0.15) is 140 Å². The molecule has 11 aromatic rings. The first kappa shape index (κ1) is 71.9. The lowest BCUT2D eigenvalue weighted by atomic mass is 9.79. The van der Waals surface area contributed by atoms with Crippen molar-refractivity contribution in [2.45, 2.75) is 178 Å². The van der Waals surface area contributed by atoms with E-state index in [-0.39, 0.29) is 82.1 Å². The lowest BCUT2D eigenvalue weighted by molar-refractivity contribution is -0.0500. The molecule has 0 atom stereocenters. The number of nitrogens with one attached hydrogen (secondary N) is 3. The smallest absolute Gasteiger partial charge is 0.507 e. The minimum Gasteiger partial charge on any atom is -0.507 e. The number of nitrogens with zero attached hydrogens (tertiary/aromatic N) is 21. The molecule has 32 nitrogen and oxygen atoms in total. The predicted octanol–water partition coefficient (Wildman–Crippen LogP) is 9.17. The van der Waals surface area contributed by atoms with E-state index in [4.69, 9.17) is 18.9 Å². The molecule has 4 N–H and O–H groups in total. The van der Waals surface area contributed by atoms with Gasteiger partial charge in [0.1, 0.15) is 39.5 Å². The van der Waals surface area contributed by atoms with Gasteiger partial charge in [-0.15, -0.1) is 45.9 Å². The highest BCUT2D eigenvalue weighted by Crippen LogP contribution is 2.42. The summed E-state index contributed by atoms with van der Waals surface area (Å²) in [6.45, 7) is 26.0. The lowest BCUT2D eigenvalue weighted by Crippen LogP contribution is -2.58. The molecule has 3 aromatic carbocycles. The fourth-order valence-corrected chi connectivity index (χ4v) is 15.0. The third-order valence-corrected chi connectivity index (χ3v) is 18.4. The van der Waals surface area contributed by atoms with Gasteiger partial charge in [-0.25, -0.2) is 14.0 Å². The topological polar surface area (TPSA) is 367 Å². The molecule has 0 bridgehead atoms. The molecule has 36 heteroatoms. The molecule has 0 spiro atoms. The van der Waals surface area contributed by atoms with Crippen LogP contribution in [0.3, 0.4) is 0 Å². The Labute approximate surface area is 584 Å². The third-order valence-electron chi connectivity index (χ3n) is 17.4. The molecule has 3 saturated heterocycles. The maximum Gasteiger partial charge on any atom is 0.534 e. The number of halogens is 3. The number of ether oxygens (including phenoxy) is 4. The Morgan fingerprint density at radius 1 is 0.461 bits per heavy atom. The van der Waals surface area contributed by atoms with Crippen LogP contribution in [0.15, 0.2) is 97.6 Å². The number of aromatic hydroxyl groups is 1. The fourth-order valence-electron chi connectivity index (χ4n) is 14.5. The van der Waals surface area contributed by atoms with E-state index < -0.39 is 21.4 Å². The number of aromatic nitrogens is 21. The molecule has 0 radical (unpaired) electrons. The number of hydrogen-bond donors (Lipinski definition) is 4. The number of alkyl halides is 3. The molecule has 102 heavy (non-hydrogen) atoms. The fraction of sp³-hybridized carbons (Fsp3) is 0.485. The summed E-state index contributed by atoms with van der Waals surface area (Å²) in [6.07, 6.45) is 11.7. The summed E-state index contributed by atoms with van der Waals surface area (Å²) < 4.78 is 92.1. The molecule has 3 aliphatic heterocycles. The van der Waals surface area contributed by atoms with Crippen LogP contribution in [0, 0.1) is 0 Å². The SMILES string of the molecule is CC1(C)CC(n2nnc3cc(-c4ccc(-n5nccn5)cc4O)nnc32)CC(C)(C)N1.COCOc1cc(-n2nccn2)ccc1-c1cc2nnn(C3CC(C)(C)NC(C)(C)C3)c2nn1.COCOc1cc(OS(=O)(=O)C(F)(F)F)ccc1-c1cc2nnn(C3CC(C)(C)NC(C)(C)C3)c2nn1. The van der Waals surface area contributed by atoms with Gasteiger partial charge in [0.05, 0.1) is 71.4 Å². The van der Waals surface area contributed by atoms with Crippen LogP contribution in [0.2, 0.25) is 0 Å². The number of phenols is 1. The lowest BCUT2D eigenvalue weighted by Gasteiger charge is -2.46. The maximum absolute atomic E-state index is 12.7. The van der Waals surface area contributed by atoms with Gasteiger partial charge >= 0.3 is 15.6 Å². The molecule has 14 rings (SSSR count). The van der Waals surface area contributed by atoms with E-state index in [0.717, 1.165) is 61.9 Å². The van der Waals surface area contributed by atoms with Crippen LogP contribution in [-0.4, -0.2) is 186 Å². The molecule has 11 heterocycles. The van der Waals surface area contributed by atoms with Crippen molar-refractivity contribution in [1.82, 2.24) is 122 Å². The van der Waals surface area contributed by atoms with E-state index in [1.54, 1.807) is 54.8 Å². The number of fused-ring (bicyclic) bond motifs is 3. The number of phenolic OH excluding ortho intramolecular Hbond substituents is 1. The Kier molecular flexibility index (Phi) is 19.4. The summed E-state index contributed by atoms with van der Waals surface area (Å²) in [5.74, 6) is 0.0279. The van der Waals surface area contributed by atoms with Gasteiger partial charge in [-0.3, -0.25) is 0 Å². The Hall–Kier alpha value is -9.88. The first-order valence-corrected chi connectivity index (χ1v) is 34.2. The summed E-state index contributed by atoms with van der Waals surface area (Å²) in [7, 11) is -2.93. The highest BCUT2D eigenvalue weighted by Gasteiger charge is 2.49. The summed E-state index contributed by atoms with van der Waals surface area (Å²) in [4.78, 5) is 2.96. The van der Waals surface area contributed by atoms with Gasteiger partial charge < -0.3 is 44.2 Å². The highest BCUT2D eigenvalue weighted by atomic mass is 32.2. The Bertz CT molecular complexity index is 4880. The molecule has 3 aliphatic rings. The zero-order valence-electron chi connectivity index (χ0n) is 58.9. The van der Waals surface area contributed by atoms with Crippen LogP contribution in [0.4, 0.5) is 13.2 Å². The Morgan fingerprint density at radius 3 is 1.15 bits per heavy atom. The number of piperidine rings is 3. The zero-order valence-corrected chi connectivity index (χ0v) is 59.7. The molecule has 0 amide bonds. The van der Waals surface area contributed by atoms with Gasteiger partial charge in [-0.1, -0.05) is 15.6 Å². The highest BCUT2D eigenvalue weighted by molar-refractivity contribution is 7.88. The predicted molar refractivity (Wildman–Crippen MR) is 366 cm³/mol. The van der Waals surface area contributed by atoms with Crippen molar-refractivity contribution in [3.8, 4) is 68.1 Å². The first-order valence-electron chi connectivity index (χ1n) is 32.8. The van der Waals surface area contributed by atoms with Crippen molar-refractivity contribution >= 4 is 43.6 Å². The van der Waals surface area contributed by atoms with Gasteiger partial charge in [0.25, 0.3) is 0 Å². The van der Waals surface area contributed by atoms with Crippen LogP contribution in [0.5, 0.6) is 23.0 Å². The van der Waals surface area contributed by atoms with Gasteiger partial charge in [-0.05, 0) is 176 Å². The quantitative estimate of drug-likeness (QED) is 0.0397. The summed E-state index contributed by atoms with van der Waals surface area (Å²) >= 11 is 0. The van der Waals surface area contributed by atoms with Crippen molar-refractivity contribution in [2.24, 2.45) is 0 Å². The molecule has 0 unspecified atom stereocenters. The Morgan fingerprint density at radius 2 is 0.794 bits per heavy atom. The van der Waals surface area contributed by atoms with Crippen molar-refractivity contribution in [3.63, 3.8) is 0 Å². The molecule has 0 saturated carbocycles. The van der Waals surface area contributed by atoms with E-state index in [0.29, 0.717) is 67.4 Å². The molecule has 8 aromatic heterocycles. The minimum absolute atomic E-state index is 0.0170. The van der Waals surface area contributed by atoms with Crippen LogP contribution < -0.4 is 29.6 Å². The van der Waals surface area contributed by atoms with Crippen molar-refractivity contribution < 1.29 is 49.8 Å². The number of methoxy groups -OCH3 is 2. The van der Waals surface area contributed by atoms with Crippen molar-refractivity contribution in [2.75, 3.05) is 27.8 Å².